The fourth-order valence-electron chi connectivity index (χ4n) is 3.29. The highest BCUT2D eigenvalue weighted by Gasteiger charge is 2.46. The molecule has 4 nitrogen and oxygen atoms in total. The average molecular weight is 295 g/mol. The van der Waals surface area contributed by atoms with Crippen molar-refractivity contribution in [3.05, 3.63) is 29.6 Å². The van der Waals surface area contributed by atoms with Crippen LogP contribution in [0.15, 0.2) is 18.2 Å². The van der Waals surface area contributed by atoms with E-state index in [-0.39, 0.29) is 5.82 Å². The van der Waals surface area contributed by atoms with Crippen LogP contribution in [-0.4, -0.2) is 35.2 Å². The summed E-state index contributed by atoms with van der Waals surface area (Å²) >= 11 is 0. The van der Waals surface area contributed by atoms with Gasteiger partial charge >= 0.3 is 5.97 Å². The number of carboxylic acid groups (broad SMARTS) is 1. The van der Waals surface area contributed by atoms with Gasteiger partial charge in [0.05, 0.1) is 7.11 Å². The second-order valence-electron chi connectivity index (χ2n) is 5.57. The Morgan fingerprint density at radius 3 is 2.90 bits per heavy atom. The van der Waals surface area contributed by atoms with Gasteiger partial charge in [-0.25, -0.2) is 4.39 Å². The minimum atomic E-state index is -0.827. The number of likely N-dealkylation sites (tertiary alicyclic amines) is 1. The van der Waals surface area contributed by atoms with Crippen molar-refractivity contribution in [3.63, 3.8) is 0 Å². The van der Waals surface area contributed by atoms with E-state index in [0.29, 0.717) is 37.2 Å². The summed E-state index contributed by atoms with van der Waals surface area (Å²) in [5, 5.41) is 9.68. The Kier molecular flexibility index (Phi) is 4.83. The zero-order valence-corrected chi connectivity index (χ0v) is 12.6. The summed E-state index contributed by atoms with van der Waals surface area (Å²) in [5.74, 6) is -0.516. The number of hydrogen-bond acceptors (Lipinski definition) is 3. The predicted octanol–water partition coefficient (Wildman–Crippen LogP) is 3.05. The maximum absolute atomic E-state index is 13.5. The van der Waals surface area contributed by atoms with Crippen molar-refractivity contribution in [1.29, 1.82) is 0 Å². The number of methoxy groups -OCH3 is 1. The van der Waals surface area contributed by atoms with Crippen molar-refractivity contribution in [2.75, 3.05) is 13.7 Å². The Balaban J connectivity index is 2.29. The number of rotatable bonds is 6. The van der Waals surface area contributed by atoms with Crippen LogP contribution >= 0.6 is 0 Å². The summed E-state index contributed by atoms with van der Waals surface area (Å²) in [7, 11) is 1.54. The number of hydrogen-bond donors (Lipinski definition) is 1. The number of halogens is 1. The lowest BCUT2D eigenvalue weighted by atomic mass is 9.90. The molecule has 1 N–H and O–H groups in total. The molecular weight excluding hydrogens is 273 g/mol. The SMILES string of the molecule is CCCC1(C(=O)O)CCCN1Cc1cc(F)ccc1OC. The van der Waals surface area contributed by atoms with Crippen molar-refractivity contribution in [3.8, 4) is 5.75 Å². The standard InChI is InChI=1S/C16H22FNO3/c1-3-7-16(15(19)20)8-4-9-18(16)11-12-10-13(17)5-6-14(12)21-2/h5-6,10H,3-4,7-9,11H2,1-2H3,(H,19,20). The first-order valence-electron chi connectivity index (χ1n) is 7.34. The van der Waals surface area contributed by atoms with Crippen LogP contribution in [0.1, 0.15) is 38.2 Å². The highest BCUT2D eigenvalue weighted by Crippen LogP contribution is 2.36. The molecule has 1 fully saturated rings. The lowest BCUT2D eigenvalue weighted by Gasteiger charge is -2.35. The molecule has 1 aromatic carbocycles. The maximum atomic E-state index is 13.5. The zero-order valence-electron chi connectivity index (χ0n) is 12.6. The third kappa shape index (κ3) is 3.02. The number of carboxylic acids is 1. The van der Waals surface area contributed by atoms with E-state index in [9.17, 15) is 14.3 Å². The molecule has 1 aliphatic heterocycles. The normalized spacial score (nSPS) is 22.4. The first-order chi connectivity index (χ1) is 10.0. The Morgan fingerprint density at radius 2 is 2.29 bits per heavy atom. The van der Waals surface area contributed by atoms with Gasteiger partial charge in [-0.15, -0.1) is 0 Å². The highest BCUT2D eigenvalue weighted by atomic mass is 19.1. The van der Waals surface area contributed by atoms with Gasteiger partial charge in [0.25, 0.3) is 0 Å². The molecule has 1 aliphatic rings. The van der Waals surface area contributed by atoms with E-state index in [2.05, 4.69) is 0 Å². The van der Waals surface area contributed by atoms with Crippen molar-refractivity contribution in [1.82, 2.24) is 4.90 Å². The van der Waals surface area contributed by atoms with E-state index in [4.69, 9.17) is 4.74 Å². The Hall–Kier alpha value is -1.62. The first kappa shape index (κ1) is 15.8. The van der Waals surface area contributed by atoms with Crippen LogP contribution in [0.2, 0.25) is 0 Å². The molecule has 116 valence electrons. The summed E-state index contributed by atoms with van der Waals surface area (Å²) in [6, 6.07) is 4.36. The van der Waals surface area contributed by atoms with Crippen LogP contribution in [0.25, 0.3) is 0 Å². The van der Waals surface area contributed by atoms with E-state index in [1.165, 1.54) is 19.2 Å². The van der Waals surface area contributed by atoms with Crippen molar-refractivity contribution < 1.29 is 19.0 Å². The zero-order chi connectivity index (χ0) is 15.5. The van der Waals surface area contributed by atoms with E-state index >= 15 is 0 Å². The van der Waals surface area contributed by atoms with Crippen molar-refractivity contribution >= 4 is 5.97 Å². The van der Waals surface area contributed by atoms with Gasteiger partial charge in [0.1, 0.15) is 17.1 Å². The molecule has 1 unspecified atom stereocenters. The largest absolute Gasteiger partial charge is 0.496 e. The van der Waals surface area contributed by atoms with E-state index in [1.54, 1.807) is 6.07 Å². The average Bonchev–Trinajstić information content (AvgIpc) is 2.84. The monoisotopic (exact) mass is 295 g/mol. The number of ether oxygens (including phenoxy) is 1. The van der Waals surface area contributed by atoms with Gasteiger partial charge in [0.2, 0.25) is 0 Å². The van der Waals surface area contributed by atoms with Crippen molar-refractivity contribution in [2.45, 2.75) is 44.7 Å². The van der Waals surface area contributed by atoms with Crippen LogP contribution in [0, 0.1) is 5.82 Å². The van der Waals surface area contributed by atoms with Gasteiger partial charge in [-0.2, -0.15) is 0 Å². The molecule has 21 heavy (non-hydrogen) atoms. The topological polar surface area (TPSA) is 49.8 Å². The fourth-order valence-corrected chi connectivity index (χ4v) is 3.29. The van der Waals surface area contributed by atoms with Crippen LogP contribution < -0.4 is 4.74 Å². The molecule has 5 heteroatoms. The van der Waals surface area contributed by atoms with Gasteiger partial charge in [-0.3, -0.25) is 9.69 Å². The minimum Gasteiger partial charge on any atom is -0.496 e. The minimum absolute atomic E-state index is 0.332. The predicted molar refractivity (Wildman–Crippen MR) is 77.9 cm³/mol. The molecular formula is C16H22FNO3. The molecule has 1 saturated heterocycles. The van der Waals surface area contributed by atoms with Gasteiger partial charge in [-0.1, -0.05) is 13.3 Å². The third-order valence-electron chi connectivity index (χ3n) is 4.29. The Morgan fingerprint density at radius 1 is 1.52 bits per heavy atom. The molecule has 0 radical (unpaired) electrons. The summed E-state index contributed by atoms with van der Waals surface area (Å²) in [4.78, 5) is 13.7. The molecule has 0 aliphatic carbocycles. The third-order valence-corrected chi connectivity index (χ3v) is 4.29. The molecule has 1 atom stereocenters. The van der Waals surface area contributed by atoms with Crippen molar-refractivity contribution in [2.24, 2.45) is 0 Å². The Bertz CT molecular complexity index is 520. The highest BCUT2D eigenvalue weighted by molar-refractivity contribution is 5.79. The first-order valence-corrected chi connectivity index (χ1v) is 7.34. The summed E-state index contributed by atoms with van der Waals surface area (Å²) in [5.41, 5.74) is -0.132. The fraction of sp³-hybridized carbons (Fsp3) is 0.562. The summed E-state index contributed by atoms with van der Waals surface area (Å²) in [6.45, 7) is 3.10. The number of benzene rings is 1. The number of nitrogens with zero attached hydrogens (tertiary/aromatic N) is 1. The number of carbonyl (C=O) groups is 1. The second kappa shape index (κ2) is 6.43. The molecule has 0 bridgehead atoms. The van der Waals surface area contributed by atoms with Crippen LogP contribution in [0.3, 0.4) is 0 Å². The van der Waals surface area contributed by atoms with E-state index in [0.717, 1.165) is 12.8 Å². The summed E-state index contributed by atoms with van der Waals surface area (Å²) in [6.07, 6.45) is 2.92. The van der Waals surface area contributed by atoms with Crippen LogP contribution in [-0.2, 0) is 11.3 Å². The van der Waals surface area contributed by atoms with E-state index in [1.807, 2.05) is 11.8 Å². The molecule has 0 saturated carbocycles. The van der Waals surface area contributed by atoms with Crippen LogP contribution in [0.5, 0.6) is 5.75 Å². The van der Waals surface area contributed by atoms with Gasteiger partial charge in [-0.05, 0) is 44.0 Å². The van der Waals surface area contributed by atoms with Gasteiger partial charge < -0.3 is 9.84 Å². The second-order valence-corrected chi connectivity index (χ2v) is 5.57. The molecule has 1 aromatic rings. The quantitative estimate of drug-likeness (QED) is 0.876. The van der Waals surface area contributed by atoms with Crippen LogP contribution in [0.4, 0.5) is 4.39 Å². The summed E-state index contributed by atoms with van der Waals surface area (Å²) < 4.78 is 18.7. The van der Waals surface area contributed by atoms with E-state index < -0.39 is 11.5 Å². The molecule has 1 heterocycles. The van der Waals surface area contributed by atoms with Gasteiger partial charge in [0, 0.05) is 12.1 Å². The number of aliphatic carboxylic acids is 1. The lowest BCUT2D eigenvalue weighted by molar-refractivity contribution is -0.150. The lowest BCUT2D eigenvalue weighted by Crippen LogP contribution is -2.50. The Labute approximate surface area is 124 Å². The van der Waals surface area contributed by atoms with Gasteiger partial charge in [0.15, 0.2) is 0 Å². The molecule has 0 amide bonds. The smallest absolute Gasteiger partial charge is 0.324 e. The molecule has 0 aromatic heterocycles. The molecule has 2 rings (SSSR count). The molecule has 0 spiro atoms. The maximum Gasteiger partial charge on any atom is 0.324 e.